The number of benzene rings is 2. The molecule has 0 fully saturated rings. The molecule has 150 valence electrons. The molecule has 3 aromatic rings. The average molecular weight is 393 g/mol. The Balaban J connectivity index is 1.65. The molecular weight excluding hydrogens is 370 g/mol. The van der Waals surface area contributed by atoms with Gasteiger partial charge in [-0.1, -0.05) is 0 Å². The average Bonchev–Trinajstić information content (AvgIpc) is 2.74. The predicted octanol–water partition coefficient (Wildman–Crippen LogP) is 3.56. The Kier molecular flexibility index (Phi) is 6.13. The van der Waals surface area contributed by atoms with E-state index in [2.05, 4.69) is 20.6 Å². The highest BCUT2D eigenvalue weighted by Crippen LogP contribution is 2.30. The van der Waals surface area contributed by atoms with Gasteiger partial charge in [-0.15, -0.1) is 0 Å². The third-order valence-electron chi connectivity index (χ3n) is 4.20. The summed E-state index contributed by atoms with van der Waals surface area (Å²) in [4.78, 5) is 22.8. The minimum Gasteiger partial charge on any atom is -0.493 e. The van der Waals surface area contributed by atoms with Crippen LogP contribution in [0.1, 0.15) is 10.4 Å². The summed E-state index contributed by atoms with van der Waals surface area (Å²) in [6, 6.07) is 12.9. The Labute approximate surface area is 169 Å². The predicted molar refractivity (Wildman–Crippen MR) is 114 cm³/mol. The largest absolute Gasteiger partial charge is 0.493 e. The normalized spacial score (nSPS) is 10.2. The van der Waals surface area contributed by atoms with Crippen LogP contribution in [0.4, 0.5) is 23.0 Å². The minimum atomic E-state index is -0.278. The number of nitrogens with one attached hydrogen (secondary N) is 2. The molecule has 29 heavy (non-hydrogen) atoms. The van der Waals surface area contributed by atoms with Crippen molar-refractivity contribution in [2.45, 2.75) is 0 Å². The minimum absolute atomic E-state index is 0.278. The van der Waals surface area contributed by atoms with Gasteiger partial charge in [-0.25, -0.2) is 9.97 Å². The summed E-state index contributed by atoms with van der Waals surface area (Å²) in [7, 11) is 7.07. The van der Waals surface area contributed by atoms with E-state index in [4.69, 9.17) is 9.47 Å². The summed E-state index contributed by atoms with van der Waals surface area (Å²) in [5, 5.41) is 5.90. The molecule has 0 saturated heterocycles. The van der Waals surface area contributed by atoms with E-state index in [-0.39, 0.29) is 5.91 Å². The van der Waals surface area contributed by atoms with Gasteiger partial charge in [0.15, 0.2) is 11.5 Å². The van der Waals surface area contributed by atoms with E-state index in [1.807, 2.05) is 49.3 Å². The smallest absolute Gasteiger partial charge is 0.258 e. The summed E-state index contributed by atoms with van der Waals surface area (Å²) < 4.78 is 10.5. The van der Waals surface area contributed by atoms with Gasteiger partial charge in [-0.05, 0) is 36.4 Å². The number of hydrogen-bond donors (Lipinski definition) is 2. The van der Waals surface area contributed by atoms with Gasteiger partial charge in [0.2, 0.25) is 5.95 Å². The Hall–Kier alpha value is -3.81. The number of aromatic nitrogens is 2. The fourth-order valence-electron chi connectivity index (χ4n) is 2.60. The Morgan fingerprint density at radius 2 is 1.52 bits per heavy atom. The number of ether oxygens (including phenoxy) is 2. The van der Waals surface area contributed by atoms with Crippen LogP contribution >= 0.6 is 0 Å². The summed E-state index contributed by atoms with van der Waals surface area (Å²) in [5.41, 5.74) is 2.85. The van der Waals surface area contributed by atoms with Crippen LogP contribution < -0.4 is 25.0 Å². The molecule has 8 heteroatoms. The molecule has 1 heterocycles. The Morgan fingerprint density at radius 1 is 0.897 bits per heavy atom. The lowest BCUT2D eigenvalue weighted by atomic mass is 10.2. The molecule has 0 atom stereocenters. The molecule has 0 aliphatic heterocycles. The standard InChI is InChI=1S/C21H23N5O3/c1-26(2)17-8-5-15(6-9-17)24-20(27)14-12-22-21(23-13-14)25-16-7-10-18(28-3)19(11-16)29-4/h5-13H,1-4H3,(H,24,27)(H,22,23,25). The Bertz CT molecular complexity index is 973. The van der Waals surface area contributed by atoms with Crippen LogP contribution in [-0.2, 0) is 0 Å². The van der Waals surface area contributed by atoms with Gasteiger partial charge in [0, 0.05) is 49.6 Å². The van der Waals surface area contributed by atoms with Crippen molar-refractivity contribution >= 4 is 28.9 Å². The van der Waals surface area contributed by atoms with E-state index in [1.165, 1.54) is 12.4 Å². The number of nitrogens with zero attached hydrogens (tertiary/aromatic N) is 3. The number of hydrogen-bond acceptors (Lipinski definition) is 7. The molecule has 8 nitrogen and oxygen atoms in total. The van der Waals surface area contributed by atoms with Crippen molar-refractivity contribution in [2.75, 3.05) is 43.8 Å². The van der Waals surface area contributed by atoms with Gasteiger partial charge in [0.1, 0.15) is 0 Å². The zero-order chi connectivity index (χ0) is 20.8. The molecule has 0 spiro atoms. The van der Waals surface area contributed by atoms with Crippen LogP contribution in [0, 0.1) is 0 Å². The van der Waals surface area contributed by atoms with Crippen molar-refractivity contribution in [3.63, 3.8) is 0 Å². The monoisotopic (exact) mass is 393 g/mol. The van der Waals surface area contributed by atoms with Crippen LogP contribution in [0.3, 0.4) is 0 Å². The second-order valence-electron chi connectivity index (χ2n) is 6.39. The van der Waals surface area contributed by atoms with E-state index >= 15 is 0 Å². The number of anilines is 4. The SMILES string of the molecule is COc1ccc(Nc2ncc(C(=O)Nc3ccc(N(C)C)cc3)cn2)cc1OC. The first-order valence-electron chi connectivity index (χ1n) is 8.90. The van der Waals surface area contributed by atoms with Gasteiger partial charge in [0.25, 0.3) is 5.91 Å². The van der Waals surface area contributed by atoms with Crippen LogP contribution in [0.2, 0.25) is 0 Å². The maximum atomic E-state index is 12.4. The zero-order valence-electron chi connectivity index (χ0n) is 16.8. The number of carbonyl (C=O) groups excluding carboxylic acids is 1. The third-order valence-corrected chi connectivity index (χ3v) is 4.20. The lowest BCUT2D eigenvalue weighted by Gasteiger charge is -2.13. The first kappa shape index (κ1) is 19.9. The lowest BCUT2D eigenvalue weighted by molar-refractivity contribution is 0.102. The summed E-state index contributed by atoms with van der Waals surface area (Å²) >= 11 is 0. The highest BCUT2D eigenvalue weighted by Gasteiger charge is 2.09. The highest BCUT2D eigenvalue weighted by atomic mass is 16.5. The molecule has 0 aliphatic carbocycles. The van der Waals surface area contributed by atoms with Crippen molar-refractivity contribution in [1.29, 1.82) is 0 Å². The summed E-state index contributed by atoms with van der Waals surface area (Å²) in [6.45, 7) is 0. The van der Waals surface area contributed by atoms with E-state index in [9.17, 15) is 4.79 Å². The van der Waals surface area contributed by atoms with Gasteiger partial charge in [0.05, 0.1) is 19.8 Å². The molecule has 0 radical (unpaired) electrons. The van der Waals surface area contributed by atoms with Crippen molar-refractivity contribution < 1.29 is 14.3 Å². The van der Waals surface area contributed by atoms with E-state index < -0.39 is 0 Å². The second kappa shape index (κ2) is 8.92. The van der Waals surface area contributed by atoms with Gasteiger partial charge >= 0.3 is 0 Å². The van der Waals surface area contributed by atoms with Crippen LogP contribution in [0.15, 0.2) is 54.9 Å². The van der Waals surface area contributed by atoms with E-state index in [1.54, 1.807) is 26.4 Å². The molecule has 0 saturated carbocycles. The topological polar surface area (TPSA) is 88.6 Å². The summed E-state index contributed by atoms with van der Waals surface area (Å²) in [6.07, 6.45) is 2.94. The van der Waals surface area contributed by atoms with Crippen molar-refractivity contribution in [1.82, 2.24) is 9.97 Å². The number of amides is 1. The van der Waals surface area contributed by atoms with Crippen molar-refractivity contribution in [3.05, 3.63) is 60.4 Å². The number of methoxy groups -OCH3 is 2. The van der Waals surface area contributed by atoms with Crippen LogP contribution in [0.25, 0.3) is 0 Å². The van der Waals surface area contributed by atoms with Crippen molar-refractivity contribution in [2.24, 2.45) is 0 Å². The zero-order valence-corrected chi connectivity index (χ0v) is 16.8. The molecule has 1 aromatic heterocycles. The molecule has 0 unspecified atom stereocenters. The van der Waals surface area contributed by atoms with Crippen LogP contribution in [0.5, 0.6) is 11.5 Å². The quantitative estimate of drug-likeness (QED) is 0.634. The van der Waals surface area contributed by atoms with Gasteiger partial charge < -0.3 is 25.0 Å². The van der Waals surface area contributed by atoms with Gasteiger partial charge in [-0.3, -0.25) is 4.79 Å². The maximum absolute atomic E-state index is 12.4. The van der Waals surface area contributed by atoms with E-state index in [0.717, 1.165) is 11.4 Å². The Morgan fingerprint density at radius 3 is 2.10 bits per heavy atom. The third kappa shape index (κ3) is 4.92. The first-order chi connectivity index (χ1) is 14.0. The number of carbonyl (C=O) groups is 1. The second-order valence-corrected chi connectivity index (χ2v) is 6.39. The fourth-order valence-corrected chi connectivity index (χ4v) is 2.60. The molecule has 1 amide bonds. The maximum Gasteiger partial charge on any atom is 0.258 e. The molecule has 3 rings (SSSR count). The number of rotatable bonds is 7. The fraction of sp³-hybridized carbons (Fsp3) is 0.190. The highest BCUT2D eigenvalue weighted by molar-refractivity contribution is 6.04. The molecule has 0 bridgehead atoms. The van der Waals surface area contributed by atoms with Gasteiger partial charge in [-0.2, -0.15) is 0 Å². The van der Waals surface area contributed by atoms with Crippen molar-refractivity contribution in [3.8, 4) is 11.5 Å². The van der Waals surface area contributed by atoms with E-state index in [0.29, 0.717) is 28.7 Å². The first-order valence-corrected chi connectivity index (χ1v) is 8.90. The van der Waals surface area contributed by atoms with Crippen LogP contribution in [-0.4, -0.2) is 44.2 Å². The summed E-state index contributed by atoms with van der Waals surface area (Å²) in [5.74, 6) is 1.31. The lowest BCUT2D eigenvalue weighted by Crippen LogP contribution is -2.13. The molecule has 0 aliphatic rings. The molecular formula is C21H23N5O3. The molecule has 2 N–H and O–H groups in total. The molecule has 2 aromatic carbocycles.